The van der Waals surface area contributed by atoms with Gasteiger partial charge in [-0.2, -0.15) is 4.39 Å². The van der Waals surface area contributed by atoms with Gasteiger partial charge in [-0.05, 0) is 51.5 Å². The molecule has 0 aliphatic carbocycles. The molecule has 0 radical (unpaired) electrons. The first-order chi connectivity index (χ1) is 18.4. The van der Waals surface area contributed by atoms with E-state index in [2.05, 4.69) is 40.5 Å². The minimum atomic E-state index is -0.738. The van der Waals surface area contributed by atoms with Crippen LogP contribution in [0.25, 0.3) is 28.1 Å². The normalized spacial score (nSPS) is 14.7. The summed E-state index contributed by atoms with van der Waals surface area (Å²) in [7, 11) is 1.65. The number of pyridine rings is 2. The first kappa shape index (κ1) is 26.9. The van der Waals surface area contributed by atoms with Crippen LogP contribution in [-0.4, -0.2) is 60.8 Å². The number of anilines is 1. The zero-order chi connectivity index (χ0) is 28.1. The molecule has 1 aliphatic heterocycles. The van der Waals surface area contributed by atoms with E-state index >= 15 is 0 Å². The lowest BCUT2D eigenvalue weighted by molar-refractivity contribution is 0.128. The van der Waals surface area contributed by atoms with Crippen LogP contribution >= 0.6 is 11.6 Å². The van der Waals surface area contributed by atoms with Crippen molar-refractivity contribution in [3.8, 4) is 33.8 Å². The fraction of sp³-hybridized carbons (Fsp3) is 0.345. The van der Waals surface area contributed by atoms with E-state index in [0.29, 0.717) is 16.8 Å². The van der Waals surface area contributed by atoms with Crippen LogP contribution in [0.4, 0.5) is 10.1 Å². The summed E-state index contributed by atoms with van der Waals surface area (Å²) in [5.74, 6) is -0.913. The maximum atomic E-state index is 14.8. The summed E-state index contributed by atoms with van der Waals surface area (Å²) in [6.45, 7) is 12.1. The molecule has 8 nitrogen and oxygen atoms in total. The predicted octanol–water partition coefficient (Wildman–Crippen LogP) is 5.03. The smallest absolute Gasteiger partial charge is 0.332 e. The molecule has 4 heterocycles. The van der Waals surface area contributed by atoms with Gasteiger partial charge in [0, 0.05) is 74.5 Å². The molecule has 4 aromatic rings. The van der Waals surface area contributed by atoms with E-state index in [1.165, 1.54) is 15.2 Å². The van der Waals surface area contributed by atoms with Gasteiger partial charge in [-0.3, -0.25) is 14.5 Å². The average Bonchev–Trinajstić information content (AvgIpc) is 3.22. The minimum Gasteiger partial charge on any atom is -0.505 e. The molecule has 5 rings (SSSR count). The van der Waals surface area contributed by atoms with Crippen LogP contribution in [0.5, 0.6) is 5.75 Å². The summed E-state index contributed by atoms with van der Waals surface area (Å²) in [5, 5.41) is 11.5. The monoisotopic (exact) mass is 550 g/mol. The summed E-state index contributed by atoms with van der Waals surface area (Å²) >= 11 is 6.53. The van der Waals surface area contributed by atoms with Gasteiger partial charge in [0.25, 0.3) is 0 Å². The number of benzene rings is 1. The number of imidazole rings is 1. The molecular formula is C29H32ClFN6O2. The largest absolute Gasteiger partial charge is 0.505 e. The van der Waals surface area contributed by atoms with Gasteiger partial charge in [0.1, 0.15) is 11.4 Å². The Morgan fingerprint density at radius 1 is 1.00 bits per heavy atom. The topological polar surface area (TPSA) is 79.4 Å². The Morgan fingerprint density at radius 2 is 1.72 bits per heavy atom. The van der Waals surface area contributed by atoms with Gasteiger partial charge in [-0.15, -0.1) is 0 Å². The first-order valence-electron chi connectivity index (χ1n) is 12.8. The van der Waals surface area contributed by atoms with Crippen molar-refractivity contribution in [2.24, 2.45) is 7.05 Å². The molecule has 204 valence electrons. The number of aryl methyl sites for hydroxylation is 2. The Bertz CT molecular complexity index is 1600. The molecule has 0 bridgehead atoms. The SMILES string of the molecule is Cc1ncc(-c2nc(F)cc(-c3ccc(-n4ccn(C)c4=O)c(Cl)c3)c2O)cc1N1CCN(C(C)(C)C)CC1. The maximum absolute atomic E-state index is 14.8. The molecule has 1 aromatic carbocycles. The summed E-state index contributed by atoms with van der Waals surface area (Å²) < 4.78 is 17.7. The number of hydrogen-bond donors (Lipinski definition) is 1. The number of hydrogen-bond acceptors (Lipinski definition) is 6. The number of piperazine rings is 1. The van der Waals surface area contributed by atoms with Gasteiger partial charge in [-0.25, -0.2) is 9.78 Å². The Kier molecular flexibility index (Phi) is 6.99. The van der Waals surface area contributed by atoms with Crippen LogP contribution in [-0.2, 0) is 7.05 Å². The van der Waals surface area contributed by atoms with Gasteiger partial charge < -0.3 is 14.6 Å². The highest BCUT2D eigenvalue weighted by Gasteiger charge is 2.27. The van der Waals surface area contributed by atoms with Crippen molar-refractivity contribution < 1.29 is 9.50 Å². The Morgan fingerprint density at radius 3 is 2.33 bits per heavy atom. The molecule has 0 atom stereocenters. The van der Waals surface area contributed by atoms with Crippen LogP contribution in [0.3, 0.4) is 0 Å². The number of aromatic nitrogens is 4. The van der Waals surface area contributed by atoms with E-state index in [-0.39, 0.29) is 33.3 Å². The quantitative estimate of drug-likeness (QED) is 0.359. The van der Waals surface area contributed by atoms with Crippen molar-refractivity contribution in [1.82, 2.24) is 24.0 Å². The van der Waals surface area contributed by atoms with Crippen LogP contribution in [0.2, 0.25) is 5.02 Å². The number of rotatable bonds is 4. The number of halogens is 2. The Labute approximate surface area is 231 Å². The van der Waals surface area contributed by atoms with E-state index < -0.39 is 5.95 Å². The van der Waals surface area contributed by atoms with Crippen LogP contribution in [0.15, 0.2) is 53.7 Å². The highest BCUT2D eigenvalue weighted by Crippen LogP contribution is 2.40. The van der Waals surface area contributed by atoms with Gasteiger partial charge in [0.05, 0.1) is 22.1 Å². The lowest BCUT2D eigenvalue weighted by Gasteiger charge is -2.43. The van der Waals surface area contributed by atoms with Crippen molar-refractivity contribution in [3.05, 3.63) is 76.1 Å². The summed E-state index contributed by atoms with van der Waals surface area (Å²) in [6.07, 6.45) is 4.86. The fourth-order valence-corrected chi connectivity index (χ4v) is 5.31. The van der Waals surface area contributed by atoms with Crippen LogP contribution in [0, 0.1) is 12.9 Å². The Balaban J connectivity index is 1.50. The molecule has 0 unspecified atom stereocenters. The van der Waals surface area contributed by atoms with E-state index in [1.807, 2.05) is 13.0 Å². The van der Waals surface area contributed by atoms with E-state index in [1.54, 1.807) is 43.8 Å². The van der Waals surface area contributed by atoms with Crippen molar-refractivity contribution >= 4 is 17.3 Å². The second-order valence-electron chi connectivity index (χ2n) is 10.9. The molecule has 0 amide bonds. The Hall–Kier alpha value is -3.69. The summed E-state index contributed by atoms with van der Waals surface area (Å²) in [5.41, 5.74) is 3.50. The highest BCUT2D eigenvalue weighted by molar-refractivity contribution is 6.32. The van der Waals surface area contributed by atoms with Gasteiger partial charge >= 0.3 is 5.69 Å². The fourth-order valence-electron chi connectivity index (χ4n) is 5.03. The molecule has 1 aliphatic rings. The summed E-state index contributed by atoms with van der Waals surface area (Å²) in [6, 6.07) is 8.04. The van der Waals surface area contributed by atoms with Crippen molar-refractivity contribution in [2.75, 3.05) is 31.1 Å². The lowest BCUT2D eigenvalue weighted by atomic mass is 10.0. The summed E-state index contributed by atoms with van der Waals surface area (Å²) in [4.78, 5) is 25.7. The van der Waals surface area contributed by atoms with E-state index in [9.17, 15) is 14.3 Å². The average molecular weight is 551 g/mol. The molecule has 1 saturated heterocycles. The molecule has 10 heteroatoms. The van der Waals surface area contributed by atoms with Crippen molar-refractivity contribution in [3.63, 3.8) is 0 Å². The molecule has 3 aromatic heterocycles. The predicted molar refractivity (Wildman–Crippen MR) is 152 cm³/mol. The third-order valence-corrected chi connectivity index (χ3v) is 7.63. The number of nitrogens with zero attached hydrogens (tertiary/aromatic N) is 6. The van der Waals surface area contributed by atoms with Crippen LogP contribution < -0.4 is 10.6 Å². The zero-order valence-electron chi connectivity index (χ0n) is 22.7. The lowest BCUT2D eigenvalue weighted by Crippen LogP contribution is -2.53. The maximum Gasteiger partial charge on any atom is 0.332 e. The van der Waals surface area contributed by atoms with E-state index in [0.717, 1.165) is 37.6 Å². The van der Waals surface area contributed by atoms with Gasteiger partial charge in [0.2, 0.25) is 5.95 Å². The second-order valence-corrected chi connectivity index (χ2v) is 11.3. The highest BCUT2D eigenvalue weighted by atomic mass is 35.5. The van der Waals surface area contributed by atoms with E-state index in [4.69, 9.17) is 11.6 Å². The minimum absolute atomic E-state index is 0.103. The van der Waals surface area contributed by atoms with Crippen LogP contribution in [0.1, 0.15) is 26.5 Å². The van der Waals surface area contributed by atoms with Crippen molar-refractivity contribution in [1.29, 1.82) is 0 Å². The molecule has 0 saturated carbocycles. The molecule has 0 spiro atoms. The van der Waals surface area contributed by atoms with Gasteiger partial charge in [-0.1, -0.05) is 17.7 Å². The van der Waals surface area contributed by atoms with Crippen molar-refractivity contribution in [2.45, 2.75) is 33.2 Å². The third kappa shape index (κ3) is 5.16. The second kappa shape index (κ2) is 10.1. The third-order valence-electron chi connectivity index (χ3n) is 7.33. The molecule has 39 heavy (non-hydrogen) atoms. The molecule has 1 N–H and O–H groups in total. The zero-order valence-corrected chi connectivity index (χ0v) is 23.5. The van der Waals surface area contributed by atoms with Gasteiger partial charge in [0.15, 0.2) is 0 Å². The number of aromatic hydroxyl groups is 1. The molecule has 1 fully saturated rings. The first-order valence-corrected chi connectivity index (χ1v) is 13.2. The standard InChI is InChI=1S/C29H32ClFN6O2/c1-18-24(35-9-11-36(12-10-35)29(2,3)4)15-20(17-32-18)26-27(38)21(16-25(31)33-26)19-6-7-23(22(30)14-19)37-13-8-34(5)28(37)39/h6-8,13-17,38H,9-12H2,1-5H3. The molecular weight excluding hydrogens is 519 g/mol.